The lowest BCUT2D eigenvalue weighted by Gasteiger charge is -2.47. The molecule has 2 fully saturated rings. The quantitative estimate of drug-likeness (QED) is 0.291. The Labute approximate surface area is 238 Å². The molecule has 1 aliphatic carbocycles. The van der Waals surface area contributed by atoms with Crippen LogP contribution < -0.4 is 10.1 Å². The maximum absolute atomic E-state index is 13.7. The molecular formula is C31H32N4O6. The number of hydrogen-bond donors (Lipinski definition) is 1. The predicted octanol–water partition coefficient (Wildman–Crippen LogP) is 5.06. The van der Waals surface area contributed by atoms with Crippen molar-refractivity contribution >= 4 is 23.5 Å². The highest BCUT2D eigenvalue weighted by Gasteiger charge is 2.46. The molecule has 1 N–H and O–H groups in total. The van der Waals surface area contributed by atoms with Gasteiger partial charge >= 0.3 is 6.03 Å². The topological polar surface area (TPSA) is 122 Å². The van der Waals surface area contributed by atoms with Crippen molar-refractivity contribution in [1.82, 2.24) is 15.1 Å². The van der Waals surface area contributed by atoms with Crippen LogP contribution in [0.2, 0.25) is 0 Å². The number of imide groups is 1. The van der Waals surface area contributed by atoms with Crippen molar-refractivity contribution in [3.05, 3.63) is 105 Å². The molecule has 1 saturated carbocycles. The number of ether oxygens (including phenoxy) is 1. The van der Waals surface area contributed by atoms with E-state index in [1.165, 1.54) is 17.0 Å². The van der Waals surface area contributed by atoms with Gasteiger partial charge in [-0.25, -0.2) is 4.79 Å². The van der Waals surface area contributed by atoms with Crippen LogP contribution in [0.5, 0.6) is 5.75 Å². The summed E-state index contributed by atoms with van der Waals surface area (Å²) >= 11 is 0. The van der Waals surface area contributed by atoms with Crippen LogP contribution in [0.1, 0.15) is 52.7 Å². The molecule has 5 rings (SSSR count). The molecule has 0 radical (unpaired) electrons. The maximum atomic E-state index is 13.7. The first-order valence-electron chi connectivity index (χ1n) is 13.7. The van der Waals surface area contributed by atoms with Gasteiger partial charge in [-0.2, -0.15) is 0 Å². The van der Waals surface area contributed by atoms with Gasteiger partial charge in [0.2, 0.25) is 5.91 Å². The van der Waals surface area contributed by atoms with Gasteiger partial charge in [-0.15, -0.1) is 0 Å². The average Bonchev–Trinajstić information content (AvgIpc) is 3.00. The van der Waals surface area contributed by atoms with Crippen molar-refractivity contribution in [3.8, 4) is 5.75 Å². The van der Waals surface area contributed by atoms with Crippen LogP contribution in [0.15, 0.2) is 72.8 Å². The number of urea groups is 1. The van der Waals surface area contributed by atoms with Gasteiger partial charge in [0.1, 0.15) is 5.75 Å². The number of fused-ring (bicyclic) bond motifs is 1. The number of nitrogens with one attached hydrogen (secondary N) is 1. The summed E-state index contributed by atoms with van der Waals surface area (Å²) in [5.74, 6) is 0.00606. The molecule has 1 aliphatic heterocycles. The fourth-order valence-electron chi connectivity index (χ4n) is 5.68. The number of benzene rings is 3. The Balaban J connectivity index is 1.28. The standard InChI is InChI=1S/C31H32N4O6/c1-41-28-9-5-2-6-24(28)18-32-29(36)23-14-10-21(11-15-23)20-34-30(37)26-7-3-4-8-27(26)33(31(34)38)19-22-12-16-25(17-13-22)35(39)40/h2,5-6,9-17,26-27H,3-4,7-8,18-20H2,1H3,(H,32,36). The first kappa shape index (κ1) is 27.8. The Morgan fingerprint density at radius 2 is 1.61 bits per heavy atom. The van der Waals surface area contributed by atoms with Crippen LogP contribution in [-0.2, 0) is 24.4 Å². The minimum absolute atomic E-state index is 0.0111. The van der Waals surface area contributed by atoms with Gasteiger partial charge in [0, 0.05) is 42.4 Å². The first-order chi connectivity index (χ1) is 19.9. The van der Waals surface area contributed by atoms with Crippen LogP contribution in [-0.4, -0.2) is 45.7 Å². The minimum atomic E-state index is -0.456. The van der Waals surface area contributed by atoms with E-state index < -0.39 is 4.92 Å². The Morgan fingerprint density at radius 1 is 0.951 bits per heavy atom. The SMILES string of the molecule is COc1ccccc1CNC(=O)c1ccc(CN2C(=O)C3CCCCC3N(Cc3ccc([N+](=O)[O-])cc3)C2=O)cc1. The summed E-state index contributed by atoms with van der Waals surface area (Å²) < 4.78 is 5.34. The molecule has 2 atom stereocenters. The van der Waals surface area contributed by atoms with Crippen LogP contribution >= 0.6 is 0 Å². The monoisotopic (exact) mass is 556 g/mol. The van der Waals surface area contributed by atoms with E-state index in [9.17, 15) is 24.5 Å². The lowest BCUT2D eigenvalue weighted by Crippen LogP contribution is -2.61. The van der Waals surface area contributed by atoms with Crippen LogP contribution in [0.3, 0.4) is 0 Å². The Kier molecular flexibility index (Phi) is 8.28. The third-order valence-corrected chi connectivity index (χ3v) is 7.88. The van der Waals surface area contributed by atoms with Crippen molar-refractivity contribution in [3.63, 3.8) is 0 Å². The second-order valence-corrected chi connectivity index (χ2v) is 10.4. The van der Waals surface area contributed by atoms with Crippen LogP contribution in [0.4, 0.5) is 10.5 Å². The van der Waals surface area contributed by atoms with E-state index in [-0.39, 0.29) is 48.6 Å². The molecule has 0 aromatic heterocycles. The molecule has 10 heteroatoms. The molecule has 3 aromatic rings. The molecular weight excluding hydrogens is 524 g/mol. The third-order valence-electron chi connectivity index (χ3n) is 7.88. The van der Waals surface area contributed by atoms with Crippen molar-refractivity contribution < 1.29 is 24.0 Å². The number of nitro benzene ring substituents is 1. The molecule has 0 spiro atoms. The van der Waals surface area contributed by atoms with E-state index >= 15 is 0 Å². The highest BCUT2D eigenvalue weighted by atomic mass is 16.6. The maximum Gasteiger partial charge on any atom is 0.327 e. The molecule has 0 bridgehead atoms. The van der Waals surface area contributed by atoms with E-state index in [0.29, 0.717) is 17.9 Å². The number of carbonyl (C=O) groups excluding carboxylic acids is 3. The number of rotatable bonds is 9. The molecule has 1 heterocycles. The van der Waals surface area contributed by atoms with Gasteiger partial charge in [0.15, 0.2) is 0 Å². The largest absolute Gasteiger partial charge is 0.496 e. The van der Waals surface area contributed by atoms with E-state index in [1.54, 1.807) is 48.4 Å². The zero-order valence-electron chi connectivity index (χ0n) is 22.8. The van der Waals surface area contributed by atoms with E-state index in [0.717, 1.165) is 42.4 Å². The zero-order valence-corrected chi connectivity index (χ0v) is 22.8. The lowest BCUT2D eigenvalue weighted by molar-refractivity contribution is -0.384. The molecule has 1 saturated heterocycles. The van der Waals surface area contributed by atoms with Crippen molar-refractivity contribution in [2.45, 2.75) is 51.4 Å². The van der Waals surface area contributed by atoms with Gasteiger partial charge in [-0.1, -0.05) is 55.3 Å². The van der Waals surface area contributed by atoms with Gasteiger partial charge < -0.3 is 15.0 Å². The Bertz CT molecular complexity index is 1440. The van der Waals surface area contributed by atoms with Gasteiger partial charge in [0.05, 0.1) is 24.5 Å². The second kappa shape index (κ2) is 12.2. The number of methoxy groups -OCH3 is 1. The van der Waals surface area contributed by atoms with Gasteiger partial charge in [-0.3, -0.25) is 24.6 Å². The van der Waals surface area contributed by atoms with Gasteiger partial charge in [0.25, 0.3) is 11.6 Å². The Morgan fingerprint density at radius 3 is 2.32 bits per heavy atom. The summed E-state index contributed by atoms with van der Waals surface area (Å²) in [5, 5.41) is 13.9. The summed E-state index contributed by atoms with van der Waals surface area (Å²) in [6.45, 7) is 0.683. The van der Waals surface area contributed by atoms with Crippen molar-refractivity contribution in [2.24, 2.45) is 5.92 Å². The summed E-state index contributed by atoms with van der Waals surface area (Å²) in [6.07, 6.45) is 3.34. The summed E-state index contributed by atoms with van der Waals surface area (Å²) in [6, 6.07) is 20.0. The Hall–Kier alpha value is -4.73. The van der Waals surface area contributed by atoms with E-state index in [1.807, 2.05) is 24.3 Å². The molecule has 2 unspecified atom stereocenters. The average molecular weight is 557 g/mol. The molecule has 41 heavy (non-hydrogen) atoms. The predicted molar refractivity (Wildman–Crippen MR) is 151 cm³/mol. The molecule has 212 valence electrons. The number of non-ortho nitro benzene ring substituents is 1. The number of nitro groups is 1. The lowest BCUT2D eigenvalue weighted by atomic mass is 9.81. The van der Waals surface area contributed by atoms with Crippen molar-refractivity contribution in [1.29, 1.82) is 0 Å². The van der Waals surface area contributed by atoms with E-state index in [2.05, 4.69) is 5.32 Å². The number of amides is 4. The first-order valence-corrected chi connectivity index (χ1v) is 13.7. The highest BCUT2D eigenvalue weighted by molar-refractivity contribution is 5.99. The van der Waals surface area contributed by atoms with E-state index in [4.69, 9.17) is 4.74 Å². The number of nitrogens with zero attached hydrogens (tertiary/aromatic N) is 3. The van der Waals surface area contributed by atoms with Crippen molar-refractivity contribution in [2.75, 3.05) is 7.11 Å². The molecule has 2 aliphatic rings. The number of carbonyl (C=O) groups is 3. The number of para-hydroxylation sites is 1. The zero-order chi connectivity index (χ0) is 28.9. The van der Waals surface area contributed by atoms with Crippen LogP contribution in [0.25, 0.3) is 0 Å². The summed E-state index contributed by atoms with van der Waals surface area (Å²) in [4.78, 5) is 53.5. The van der Waals surface area contributed by atoms with Gasteiger partial charge in [-0.05, 0) is 42.2 Å². The second-order valence-electron chi connectivity index (χ2n) is 10.4. The summed E-state index contributed by atoms with van der Waals surface area (Å²) in [5.41, 5.74) is 2.82. The highest BCUT2D eigenvalue weighted by Crippen LogP contribution is 2.36. The number of hydrogen-bond acceptors (Lipinski definition) is 6. The third kappa shape index (κ3) is 6.06. The van der Waals surface area contributed by atoms with Crippen LogP contribution in [0, 0.1) is 16.0 Å². The molecule has 4 amide bonds. The summed E-state index contributed by atoms with van der Waals surface area (Å²) in [7, 11) is 1.58. The molecule has 10 nitrogen and oxygen atoms in total. The fourth-order valence-corrected chi connectivity index (χ4v) is 5.68. The normalized spacial score (nSPS) is 18.6. The fraction of sp³-hybridized carbons (Fsp3) is 0.323. The molecule has 3 aromatic carbocycles. The smallest absolute Gasteiger partial charge is 0.327 e. The minimum Gasteiger partial charge on any atom is -0.496 e.